The van der Waals surface area contributed by atoms with Crippen LogP contribution in [-0.4, -0.2) is 87.3 Å². The van der Waals surface area contributed by atoms with E-state index in [1.807, 2.05) is 36.9 Å². The summed E-state index contributed by atoms with van der Waals surface area (Å²) in [6.45, 7) is 9.95. The van der Waals surface area contributed by atoms with Crippen LogP contribution in [0.15, 0.2) is 42.4 Å². The zero-order valence-electron chi connectivity index (χ0n) is 27.1. The van der Waals surface area contributed by atoms with Gasteiger partial charge in [0.2, 0.25) is 0 Å². The molecule has 1 aromatic rings. The van der Waals surface area contributed by atoms with Gasteiger partial charge in [-0.15, -0.1) is 0 Å². The van der Waals surface area contributed by atoms with Crippen molar-refractivity contribution < 1.29 is 43.5 Å². The Bertz CT molecular complexity index is 1300. The molecule has 4 heterocycles. The number of aliphatic hydroxyl groups excluding tert-OH is 2. The molecule has 3 aliphatic heterocycles. The lowest BCUT2D eigenvalue weighted by Crippen LogP contribution is -2.55. The van der Waals surface area contributed by atoms with Crippen LogP contribution < -0.4 is 0 Å². The van der Waals surface area contributed by atoms with E-state index in [1.54, 1.807) is 12.4 Å². The molecule has 2 bridgehead atoms. The number of hydrogen-bond donors (Lipinski definition) is 2. The predicted octanol–water partition coefficient (Wildman–Crippen LogP) is 3.35. The monoisotopic (exact) mass is 628 g/mol. The molecule has 2 N–H and O–H groups in total. The van der Waals surface area contributed by atoms with E-state index < -0.39 is 48.2 Å². The van der Waals surface area contributed by atoms with Crippen LogP contribution in [0, 0.1) is 29.6 Å². The van der Waals surface area contributed by atoms with Crippen LogP contribution in [0.25, 0.3) is 6.08 Å². The Kier molecular flexibility index (Phi) is 10.3. The number of rotatable bonds is 8. The average molecular weight is 629 g/mol. The number of esters is 2. The van der Waals surface area contributed by atoms with Gasteiger partial charge in [-0.1, -0.05) is 37.6 Å². The zero-order valence-corrected chi connectivity index (χ0v) is 27.1. The fraction of sp³-hybridized carbons (Fsp3) is 0.676. The van der Waals surface area contributed by atoms with Crippen molar-refractivity contribution in [1.29, 1.82) is 0 Å². The largest absolute Gasteiger partial charge is 0.456 e. The Morgan fingerprint density at radius 2 is 2.02 bits per heavy atom. The second-order valence-electron chi connectivity index (χ2n) is 13.6. The van der Waals surface area contributed by atoms with E-state index in [9.17, 15) is 19.8 Å². The van der Waals surface area contributed by atoms with Gasteiger partial charge in [-0.05, 0) is 62.9 Å². The molecule has 4 aliphatic rings. The molecule has 248 valence electrons. The summed E-state index contributed by atoms with van der Waals surface area (Å²) in [4.78, 5) is 29.2. The summed E-state index contributed by atoms with van der Waals surface area (Å²) in [5.41, 5.74) is 1.09. The molecular formula is C34H48N2O9. The Morgan fingerprint density at radius 1 is 1.24 bits per heavy atom. The fourth-order valence-electron chi connectivity index (χ4n) is 7.42. The van der Waals surface area contributed by atoms with Crippen LogP contribution in [0.5, 0.6) is 0 Å². The third-order valence-corrected chi connectivity index (χ3v) is 9.95. The van der Waals surface area contributed by atoms with Crippen molar-refractivity contribution in [1.82, 2.24) is 9.55 Å². The highest BCUT2D eigenvalue weighted by atomic mass is 16.7. The molecule has 0 amide bonds. The molecule has 11 nitrogen and oxygen atoms in total. The molecule has 0 aromatic carbocycles. The number of ether oxygens (including phenoxy) is 5. The van der Waals surface area contributed by atoms with Gasteiger partial charge in [0, 0.05) is 32.2 Å². The molecule has 1 aliphatic carbocycles. The van der Waals surface area contributed by atoms with Crippen LogP contribution in [0.4, 0.5) is 0 Å². The standard InChI is InChI=1S/C34H48N2O9/c1-19(2)24-9-7-20(3)25-14-29(44-30(39)10-8-23-15-36(6)18-35-23)34(5)12-11-28(45-34)22(13-26(24)25)16-41-33-32(43-21(4)37)31(40)27(38)17-42-33/h7-8,10-12,15,18-19,22,24-29,31-33,38,40H,9,13-14,16-17H2,1-6H3/t22-,24-,25+,26-,27-,28+,29+,31+,32+,33-,34+/m1/s1. The van der Waals surface area contributed by atoms with Crippen LogP contribution in [0.2, 0.25) is 0 Å². The predicted molar refractivity (Wildman–Crippen MR) is 164 cm³/mol. The number of imidazole rings is 1. The summed E-state index contributed by atoms with van der Waals surface area (Å²) in [6, 6.07) is 0. The SMILES string of the molecule is CC(=O)O[C@@H]1[C@H](OC[C@H]2C[C@@H]3[C@@H](C(C)C)CC=C(C)[C@@H]3C[C@H](OC(=O)C=Cc3cn(C)cn3)[C@]3(C)C=C[C@@H]2O3)OC[C@@H](O)[C@@H]1O. The number of carbonyl (C=O) groups is 2. The molecular weight excluding hydrogens is 580 g/mol. The maximum absolute atomic E-state index is 13.2. The molecule has 11 heteroatoms. The average Bonchev–Trinajstić information content (AvgIpc) is 3.60. The number of hydrogen-bond acceptors (Lipinski definition) is 10. The number of aliphatic hydroxyl groups is 2. The van der Waals surface area contributed by atoms with Crippen LogP contribution in [0.1, 0.15) is 59.6 Å². The molecule has 11 atom stereocenters. The first-order chi connectivity index (χ1) is 21.3. The second kappa shape index (κ2) is 13.9. The van der Waals surface area contributed by atoms with Gasteiger partial charge in [0.25, 0.3) is 0 Å². The quantitative estimate of drug-likeness (QED) is 0.250. The third kappa shape index (κ3) is 7.60. The number of aromatic nitrogens is 2. The van der Waals surface area contributed by atoms with E-state index in [0.717, 1.165) is 12.8 Å². The Hall–Kier alpha value is -2.83. The van der Waals surface area contributed by atoms with E-state index in [0.29, 0.717) is 24.0 Å². The smallest absolute Gasteiger partial charge is 0.331 e. The third-order valence-electron chi connectivity index (χ3n) is 9.95. The number of fused-ring (bicyclic) bond motifs is 3. The molecule has 2 fully saturated rings. The number of allylic oxidation sites excluding steroid dienone is 2. The lowest BCUT2D eigenvalue weighted by atomic mass is 9.63. The van der Waals surface area contributed by atoms with Gasteiger partial charge in [0.05, 0.1) is 31.3 Å². The first-order valence-electron chi connectivity index (χ1n) is 16.0. The number of aryl methyl sites for hydroxylation is 1. The number of nitrogens with zero attached hydrogens (tertiary/aromatic N) is 2. The minimum absolute atomic E-state index is 0.105. The highest BCUT2D eigenvalue weighted by molar-refractivity contribution is 5.86. The van der Waals surface area contributed by atoms with Crippen LogP contribution in [0.3, 0.4) is 0 Å². The topological polar surface area (TPSA) is 139 Å². The summed E-state index contributed by atoms with van der Waals surface area (Å²) in [5, 5.41) is 20.7. The van der Waals surface area contributed by atoms with Crippen molar-refractivity contribution in [3.8, 4) is 0 Å². The fourth-order valence-corrected chi connectivity index (χ4v) is 7.42. The van der Waals surface area contributed by atoms with E-state index >= 15 is 0 Å². The van der Waals surface area contributed by atoms with E-state index in [-0.39, 0.29) is 37.1 Å². The van der Waals surface area contributed by atoms with Gasteiger partial charge in [-0.25, -0.2) is 9.78 Å². The summed E-state index contributed by atoms with van der Waals surface area (Å²) in [7, 11) is 1.87. The molecule has 45 heavy (non-hydrogen) atoms. The van der Waals surface area contributed by atoms with E-state index in [4.69, 9.17) is 23.7 Å². The Balaban J connectivity index is 1.40. The molecule has 2 saturated heterocycles. The summed E-state index contributed by atoms with van der Waals surface area (Å²) in [5.74, 6) is 0.121. The summed E-state index contributed by atoms with van der Waals surface area (Å²) < 4.78 is 32.0. The van der Waals surface area contributed by atoms with Crippen LogP contribution >= 0.6 is 0 Å². The highest BCUT2D eigenvalue weighted by Gasteiger charge is 2.50. The minimum Gasteiger partial charge on any atom is -0.456 e. The van der Waals surface area contributed by atoms with Crippen molar-refractivity contribution in [2.45, 2.75) is 96.3 Å². The van der Waals surface area contributed by atoms with Gasteiger partial charge in [-0.2, -0.15) is 0 Å². The van der Waals surface area contributed by atoms with Gasteiger partial charge in [0.15, 0.2) is 12.4 Å². The highest BCUT2D eigenvalue weighted by Crippen LogP contribution is 2.49. The molecule has 0 unspecified atom stereocenters. The van der Waals surface area contributed by atoms with Gasteiger partial charge < -0.3 is 38.5 Å². The second-order valence-corrected chi connectivity index (χ2v) is 13.6. The lowest BCUT2D eigenvalue weighted by molar-refractivity contribution is -0.279. The molecule has 0 saturated carbocycles. The van der Waals surface area contributed by atoms with Crippen molar-refractivity contribution in [2.24, 2.45) is 36.6 Å². The number of carbonyl (C=O) groups excluding carboxylic acids is 2. The van der Waals surface area contributed by atoms with Crippen molar-refractivity contribution in [2.75, 3.05) is 13.2 Å². The van der Waals surface area contributed by atoms with Crippen molar-refractivity contribution >= 4 is 18.0 Å². The Labute approximate surface area is 265 Å². The van der Waals surface area contributed by atoms with Crippen molar-refractivity contribution in [3.63, 3.8) is 0 Å². The molecule has 0 radical (unpaired) electrons. The first kappa shape index (κ1) is 33.5. The minimum atomic E-state index is -1.33. The van der Waals surface area contributed by atoms with E-state index in [2.05, 4.69) is 31.8 Å². The van der Waals surface area contributed by atoms with Gasteiger partial charge >= 0.3 is 11.9 Å². The lowest BCUT2D eigenvalue weighted by Gasteiger charge is -2.43. The molecule has 0 spiro atoms. The van der Waals surface area contributed by atoms with E-state index in [1.165, 1.54) is 18.6 Å². The van der Waals surface area contributed by atoms with Crippen molar-refractivity contribution in [3.05, 3.63) is 48.1 Å². The Morgan fingerprint density at radius 3 is 2.71 bits per heavy atom. The first-order valence-corrected chi connectivity index (χ1v) is 16.0. The van der Waals surface area contributed by atoms with Gasteiger partial charge in [0.1, 0.15) is 23.9 Å². The normalized spacial score (nSPS) is 38.3. The van der Waals surface area contributed by atoms with Crippen LogP contribution in [-0.2, 0) is 40.3 Å². The van der Waals surface area contributed by atoms with Gasteiger partial charge in [-0.3, -0.25) is 4.79 Å². The zero-order chi connectivity index (χ0) is 32.5. The maximum Gasteiger partial charge on any atom is 0.331 e. The molecule has 5 rings (SSSR count). The summed E-state index contributed by atoms with van der Waals surface area (Å²) in [6.07, 6.45) is 9.70. The summed E-state index contributed by atoms with van der Waals surface area (Å²) >= 11 is 0. The molecule has 1 aromatic heterocycles. The maximum atomic E-state index is 13.2.